The molecule has 0 amide bonds. The van der Waals surface area contributed by atoms with E-state index in [1.165, 1.54) is 20.1 Å². The van der Waals surface area contributed by atoms with Gasteiger partial charge in [0.05, 0.1) is 19.9 Å². The quantitative estimate of drug-likeness (QED) is 0.307. The summed E-state index contributed by atoms with van der Waals surface area (Å²) < 4.78 is 18.2. The molecule has 6 heteroatoms. The van der Waals surface area contributed by atoms with E-state index in [-0.39, 0.29) is 12.4 Å². The Morgan fingerprint density at radius 1 is 1.17 bits per heavy atom. The number of nitrogens with zero attached hydrogens (tertiary/aromatic N) is 1. The van der Waals surface area contributed by atoms with Gasteiger partial charge in [-0.15, -0.1) is 0 Å². The molecule has 3 rings (SSSR count). The van der Waals surface area contributed by atoms with E-state index >= 15 is 0 Å². The molecular formula is C24H25NO5. The van der Waals surface area contributed by atoms with Crippen LogP contribution >= 0.6 is 0 Å². The van der Waals surface area contributed by atoms with Crippen LogP contribution < -0.4 is 4.74 Å². The Bertz CT molecular complexity index is 1070. The number of ketones is 1. The molecule has 0 saturated carbocycles. The topological polar surface area (TPSA) is 70.7 Å². The van der Waals surface area contributed by atoms with Crippen LogP contribution in [0, 0.1) is 13.8 Å². The molecule has 156 valence electrons. The predicted octanol–water partition coefficient (Wildman–Crippen LogP) is 4.71. The van der Waals surface area contributed by atoms with E-state index in [9.17, 15) is 9.59 Å². The molecule has 2 aromatic heterocycles. The number of carbonyl (C=O) groups is 2. The van der Waals surface area contributed by atoms with Crippen molar-refractivity contribution in [1.29, 1.82) is 0 Å². The lowest BCUT2D eigenvalue weighted by atomic mass is 10.1. The Morgan fingerprint density at radius 2 is 1.97 bits per heavy atom. The van der Waals surface area contributed by atoms with Crippen LogP contribution in [0.3, 0.4) is 0 Å². The number of ether oxygens (including phenoxy) is 2. The minimum absolute atomic E-state index is 0.0188. The largest absolute Gasteiger partial charge is 0.496 e. The number of furan rings is 1. The van der Waals surface area contributed by atoms with Gasteiger partial charge in [0.15, 0.2) is 5.78 Å². The highest BCUT2D eigenvalue weighted by Crippen LogP contribution is 2.22. The van der Waals surface area contributed by atoms with Gasteiger partial charge in [0.25, 0.3) is 0 Å². The molecule has 0 spiro atoms. The minimum atomic E-state index is -0.471. The molecule has 0 atom stereocenters. The molecule has 6 nitrogen and oxygen atoms in total. The van der Waals surface area contributed by atoms with Gasteiger partial charge in [-0.25, -0.2) is 4.79 Å². The zero-order valence-corrected chi connectivity index (χ0v) is 17.6. The smallest absolute Gasteiger partial charge is 0.331 e. The summed E-state index contributed by atoms with van der Waals surface area (Å²) in [6, 6.07) is 10.9. The van der Waals surface area contributed by atoms with Crippen LogP contribution in [0.2, 0.25) is 0 Å². The third kappa shape index (κ3) is 4.89. The molecule has 0 saturated heterocycles. The van der Waals surface area contributed by atoms with Crippen molar-refractivity contribution in [2.75, 3.05) is 7.11 Å². The molecule has 0 aliphatic rings. The summed E-state index contributed by atoms with van der Waals surface area (Å²) in [7, 11) is 1.53. The van der Waals surface area contributed by atoms with Gasteiger partial charge in [-0.2, -0.15) is 0 Å². The second kappa shape index (κ2) is 9.31. The maximum absolute atomic E-state index is 12.2. The summed E-state index contributed by atoms with van der Waals surface area (Å²) in [6.45, 7) is 6.15. The lowest BCUT2D eigenvalue weighted by Gasteiger charge is -2.10. The molecule has 3 aromatic rings. The van der Waals surface area contributed by atoms with E-state index in [1.54, 1.807) is 30.5 Å². The monoisotopic (exact) mass is 407 g/mol. The zero-order valence-electron chi connectivity index (χ0n) is 17.6. The summed E-state index contributed by atoms with van der Waals surface area (Å²) in [5.41, 5.74) is 4.23. The number of Topliss-reactive ketones (excluding diaryl/α,β-unsaturated/α-hetero) is 1. The lowest BCUT2D eigenvalue weighted by molar-refractivity contribution is -0.138. The van der Waals surface area contributed by atoms with Crippen molar-refractivity contribution < 1.29 is 23.5 Å². The molecule has 0 fully saturated rings. The Hall–Kier alpha value is -3.54. The molecule has 30 heavy (non-hydrogen) atoms. The highest BCUT2D eigenvalue weighted by atomic mass is 16.5. The molecule has 0 radical (unpaired) electrons. The number of aromatic nitrogens is 1. The molecule has 0 aliphatic heterocycles. The predicted molar refractivity (Wildman–Crippen MR) is 114 cm³/mol. The highest BCUT2D eigenvalue weighted by molar-refractivity contribution is 5.94. The van der Waals surface area contributed by atoms with Crippen LogP contribution in [-0.2, 0) is 22.7 Å². The van der Waals surface area contributed by atoms with Gasteiger partial charge in [-0.3, -0.25) is 4.79 Å². The van der Waals surface area contributed by atoms with Gasteiger partial charge in [0.1, 0.15) is 18.1 Å². The van der Waals surface area contributed by atoms with Gasteiger partial charge in [-0.05, 0) is 68.8 Å². The first-order chi connectivity index (χ1) is 14.4. The fourth-order valence-corrected chi connectivity index (χ4v) is 3.26. The van der Waals surface area contributed by atoms with Crippen LogP contribution in [0.4, 0.5) is 0 Å². The highest BCUT2D eigenvalue weighted by Gasteiger charge is 2.11. The number of hydrogen-bond donors (Lipinski definition) is 0. The Balaban J connectivity index is 1.67. The summed E-state index contributed by atoms with van der Waals surface area (Å²) in [4.78, 5) is 23.8. The standard InChI is InChI=1S/C24H25NO5/c1-16-12-19(17(2)25(16)14-22-6-5-11-29-22)8-10-24(27)30-15-21-13-20(18(3)26)7-9-23(21)28-4/h5-13H,14-15H2,1-4H3/b10-8+. The SMILES string of the molecule is COc1ccc(C(C)=O)cc1COC(=O)/C=C/c1cc(C)n(Cc2ccco2)c1C. The molecular weight excluding hydrogens is 382 g/mol. The molecule has 0 aliphatic carbocycles. The van der Waals surface area contributed by atoms with Crippen LogP contribution in [0.25, 0.3) is 6.08 Å². The number of rotatable bonds is 8. The normalized spacial score (nSPS) is 11.1. The molecule has 0 N–H and O–H groups in total. The lowest BCUT2D eigenvalue weighted by Crippen LogP contribution is -2.04. The van der Waals surface area contributed by atoms with E-state index in [4.69, 9.17) is 13.9 Å². The fourth-order valence-electron chi connectivity index (χ4n) is 3.26. The van der Waals surface area contributed by atoms with Crippen molar-refractivity contribution in [3.63, 3.8) is 0 Å². The minimum Gasteiger partial charge on any atom is -0.496 e. The summed E-state index contributed by atoms with van der Waals surface area (Å²) in [6.07, 6.45) is 4.80. The third-order valence-corrected chi connectivity index (χ3v) is 4.96. The van der Waals surface area contributed by atoms with Crippen LogP contribution in [0.1, 0.15) is 45.6 Å². The van der Waals surface area contributed by atoms with Crippen molar-refractivity contribution in [2.45, 2.75) is 33.9 Å². The van der Waals surface area contributed by atoms with Crippen molar-refractivity contribution in [1.82, 2.24) is 4.57 Å². The van der Waals surface area contributed by atoms with Crippen molar-refractivity contribution in [2.24, 2.45) is 0 Å². The first kappa shape index (κ1) is 21.2. The number of hydrogen-bond acceptors (Lipinski definition) is 5. The van der Waals surface area contributed by atoms with E-state index in [0.717, 1.165) is 22.7 Å². The maximum atomic E-state index is 12.2. The van der Waals surface area contributed by atoms with Gasteiger partial charge in [-0.1, -0.05) is 0 Å². The van der Waals surface area contributed by atoms with E-state index in [0.29, 0.717) is 23.4 Å². The maximum Gasteiger partial charge on any atom is 0.331 e. The third-order valence-electron chi connectivity index (χ3n) is 4.96. The van der Waals surface area contributed by atoms with Gasteiger partial charge in [0.2, 0.25) is 0 Å². The van der Waals surface area contributed by atoms with E-state index in [2.05, 4.69) is 4.57 Å². The molecule has 0 unspecified atom stereocenters. The number of carbonyl (C=O) groups excluding carboxylic acids is 2. The summed E-state index contributed by atoms with van der Waals surface area (Å²) in [5.74, 6) is 0.905. The number of methoxy groups -OCH3 is 1. The molecule has 0 bridgehead atoms. The number of benzene rings is 1. The van der Waals surface area contributed by atoms with E-state index in [1.807, 2.05) is 32.0 Å². The number of esters is 1. The summed E-state index contributed by atoms with van der Waals surface area (Å²) >= 11 is 0. The van der Waals surface area contributed by atoms with Crippen LogP contribution in [-0.4, -0.2) is 23.4 Å². The first-order valence-electron chi connectivity index (χ1n) is 9.61. The van der Waals surface area contributed by atoms with Crippen LogP contribution in [0.15, 0.2) is 53.2 Å². The van der Waals surface area contributed by atoms with Crippen molar-refractivity contribution in [3.05, 3.63) is 82.6 Å². The molecule has 2 heterocycles. The second-order valence-corrected chi connectivity index (χ2v) is 7.02. The Kier molecular flexibility index (Phi) is 6.57. The average Bonchev–Trinajstić information content (AvgIpc) is 3.34. The van der Waals surface area contributed by atoms with Crippen molar-refractivity contribution in [3.8, 4) is 5.75 Å². The Morgan fingerprint density at radius 3 is 2.63 bits per heavy atom. The van der Waals surface area contributed by atoms with E-state index < -0.39 is 5.97 Å². The zero-order chi connectivity index (χ0) is 21.7. The first-order valence-corrected chi connectivity index (χ1v) is 9.61. The van der Waals surface area contributed by atoms with Crippen molar-refractivity contribution >= 4 is 17.8 Å². The van der Waals surface area contributed by atoms with Gasteiger partial charge < -0.3 is 18.5 Å². The Labute approximate surface area is 175 Å². The molecule has 1 aromatic carbocycles. The second-order valence-electron chi connectivity index (χ2n) is 7.02. The van der Waals surface area contributed by atoms with Gasteiger partial charge >= 0.3 is 5.97 Å². The van der Waals surface area contributed by atoms with Crippen LogP contribution in [0.5, 0.6) is 5.75 Å². The number of aryl methyl sites for hydroxylation is 1. The fraction of sp³-hybridized carbons (Fsp3) is 0.250. The summed E-state index contributed by atoms with van der Waals surface area (Å²) in [5, 5.41) is 0. The van der Waals surface area contributed by atoms with Gasteiger partial charge in [0, 0.05) is 28.6 Å². The average molecular weight is 407 g/mol.